The van der Waals surface area contributed by atoms with Crippen molar-refractivity contribution in [3.05, 3.63) is 246 Å². The number of hydrogen-bond donors (Lipinski definition) is 0. The summed E-state index contributed by atoms with van der Waals surface area (Å²) in [6.45, 7) is 61.3. The number of allylic oxidation sites excluding steroid dienone is 6. The number of aryl methyl sites for hydroxylation is 10. The van der Waals surface area contributed by atoms with Gasteiger partial charge in [0.1, 0.15) is 34.9 Å². The predicted octanol–water partition coefficient (Wildman–Crippen LogP) is 40.5. The maximum absolute atomic E-state index is 12.6. The summed E-state index contributed by atoms with van der Waals surface area (Å²) in [6, 6.07) is 27.3. The molecule has 8 aliphatic rings. The highest BCUT2D eigenvalue weighted by Crippen LogP contribution is 2.29. The summed E-state index contributed by atoms with van der Waals surface area (Å²) in [7, 11) is 0. The molecule has 6 nitrogen and oxygen atoms in total. The largest absolute Gasteiger partial charge is 0.378 e. The molecule has 14 heteroatoms. The van der Waals surface area contributed by atoms with Gasteiger partial charge in [-0.2, -0.15) is 0 Å². The normalized spacial score (nSPS) is 21.8. The van der Waals surface area contributed by atoms with Gasteiger partial charge in [-0.3, -0.25) is 0 Å². The summed E-state index contributed by atoms with van der Waals surface area (Å²) in [5.41, 5.74) is 11.3. The Morgan fingerprint density at radius 1 is 0.224 bits per heavy atom. The monoisotopic (exact) mass is 1910 g/mol. The average molecular weight is 1910 g/mol. The first-order chi connectivity index (χ1) is 56.3. The maximum Gasteiger partial charge on any atom is 0.161 e. The molecule has 0 radical (unpaired) electrons. The fraction of sp³-hybridized carbons (Fsp3) is 0.650. The third-order valence-electron chi connectivity index (χ3n) is 22.1. The summed E-state index contributed by atoms with van der Waals surface area (Å²) in [4.78, 5) is 0. The lowest BCUT2D eigenvalue weighted by Gasteiger charge is -2.24. The van der Waals surface area contributed by atoms with Gasteiger partial charge in [-0.25, -0.2) is 35.1 Å². The van der Waals surface area contributed by atoms with E-state index in [9.17, 15) is 35.1 Å². The van der Waals surface area contributed by atoms with Crippen molar-refractivity contribution in [1.29, 1.82) is 0 Å². The van der Waals surface area contributed by atoms with E-state index in [-0.39, 0.29) is 139 Å². The molecule has 6 aromatic carbocycles. The van der Waals surface area contributed by atoms with E-state index < -0.39 is 34.9 Å². The van der Waals surface area contributed by atoms with Gasteiger partial charge in [0.2, 0.25) is 0 Å². The fourth-order valence-corrected chi connectivity index (χ4v) is 12.5. The number of benzene rings is 6. The Labute approximate surface area is 828 Å². The molecule has 1 saturated carbocycles. The van der Waals surface area contributed by atoms with Crippen LogP contribution in [0, 0.1) is 189 Å². The van der Waals surface area contributed by atoms with Crippen LogP contribution < -0.4 is 0 Å². The minimum atomic E-state index is -0.736. The first kappa shape index (κ1) is 159. The van der Waals surface area contributed by atoms with E-state index in [0.29, 0.717) is 57.4 Å². The standard InChI is InChI=1S/3C8H8F2.2C8H9F.C8H16.3C8H14.C8H10.2C7H14O.2C6H12O2.14CH4/c2*1-5-3-7(9)6(2)8(10)4-5;1-5-3-4-6(2)8(10)7(5)9;2*1-6-3-4-7(2)8(9)5-6;5*1-7-3-5-8(2)6-4-7;2*1-6-3-4-7(2)8-5-6;2*1-5-3-7-6(2)8-4-5;;;;;;;;;;;;;;/h3*3-4H,1-2H3;2*3-5H,1-2H3;7-8H,3-6H2,1-2H3;2*3,8H,4-6H2,1-2H3;3,5,7-8H,4,6H2,1-2H3;3-6H,1-2H3;2*6-7H,3-5H2,1-2H3;2*5-6H,3-4H2,1-2H3;14*1H4. The molecule has 0 bridgehead atoms. The molecule has 4 aliphatic carbocycles. The lowest BCUT2D eigenvalue weighted by atomic mass is 9.84. The Morgan fingerprint density at radius 2 is 0.455 bits per heavy atom. The number of ether oxygens (including phenoxy) is 6. The Bertz CT molecular complexity index is 3390. The zero-order valence-electron chi connectivity index (χ0n) is 79.7. The van der Waals surface area contributed by atoms with E-state index in [0.717, 1.165) is 98.1 Å². The van der Waals surface area contributed by atoms with Crippen LogP contribution in [-0.4, -0.2) is 64.4 Å². The minimum Gasteiger partial charge on any atom is -0.378 e. The van der Waals surface area contributed by atoms with Gasteiger partial charge < -0.3 is 28.4 Å². The van der Waals surface area contributed by atoms with Crippen molar-refractivity contribution in [3.8, 4) is 0 Å². The minimum absolute atomic E-state index is 0. The quantitative estimate of drug-likeness (QED) is 0.112. The Kier molecular flexibility index (Phi) is 106. The molecule has 14 rings (SSSR count). The van der Waals surface area contributed by atoms with Crippen molar-refractivity contribution in [2.75, 3.05) is 39.6 Å². The number of rotatable bonds is 0. The average Bonchev–Trinajstić information content (AvgIpc) is 0.869. The molecule has 134 heavy (non-hydrogen) atoms. The molecular weight excluding hydrogens is 1690 g/mol. The second-order valence-corrected chi connectivity index (χ2v) is 36.2. The summed E-state index contributed by atoms with van der Waals surface area (Å²) < 4.78 is 132. The van der Waals surface area contributed by atoms with Crippen molar-refractivity contribution in [1.82, 2.24) is 0 Å². The molecular formula is C120H218F8O6. The SMILES string of the molecule is C.C.C.C.C.C.C.C.C.C.C.C.C.C.CC1=CCC(C)CC1.CC1=CCC(C)CC1.CC1C=CC(C)CC1.CC1CCC(C)CC1.CC1CCC(C)OC1.CC1CCC(C)OC1.CC1COC(C)OC1.CC1COC(C)OC1.Cc1cc(F)c(C)c(F)c1.Cc1cc(F)c(C)c(F)c1.Cc1ccc(C)c(F)c1.Cc1ccc(C)c(F)c1.Cc1ccc(C)c(F)c1F.Cc1ccc(C)cc1. The van der Waals surface area contributed by atoms with E-state index in [4.69, 9.17) is 28.4 Å². The van der Waals surface area contributed by atoms with Crippen LogP contribution in [0.2, 0.25) is 0 Å². The predicted molar refractivity (Wildman–Crippen MR) is 585 cm³/mol. The summed E-state index contributed by atoms with van der Waals surface area (Å²) >= 11 is 0. The van der Waals surface area contributed by atoms with E-state index in [1.54, 1.807) is 63.1 Å². The highest BCUT2D eigenvalue weighted by Gasteiger charge is 2.19. The molecule has 0 amide bonds. The fourth-order valence-electron chi connectivity index (χ4n) is 12.5. The van der Waals surface area contributed by atoms with Gasteiger partial charge in [0.15, 0.2) is 24.2 Å². The van der Waals surface area contributed by atoms with Crippen LogP contribution in [0.5, 0.6) is 0 Å². The molecule has 8 atom stereocenters. The molecule has 0 aromatic heterocycles. The second kappa shape index (κ2) is 89.4. The zero-order valence-corrected chi connectivity index (χ0v) is 79.7. The molecule has 4 aliphatic heterocycles. The zero-order chi connectivity index (χ0) is 90.7. The second-order valence-electron chi connectivity index (χ2n) is 36.2. The van der Waals surface area contributed by atoms with Crippen molar-refractivity contribution in [3.63, 3.8) is 0 Å². The highest BCUT2D eigenvalue weighted by atomic mass is 19.2. The Hall–Kier alpha value is -6.26. The highest BCUT2D eigenvalue weighted by molar-refractivity contribution is 5.27. The van der Waals surface area contributed by atoms with Crippen LogP contribution in [0.15, 0.2) is 133 Å². The smallest absolute Gasteiger partial charge is 0.161 e. The van der Waals surface area contributed by atoms with Crippen molar-refractivity contribution in [2.45, 2.75) is 425 Å². The summed E-state index contributed by atoms with van der Waals surface area (Å²) in [6.07, 6.45) is 32.4. The van der Waals surface area contributed by atoms with E-state index >= 15 is 0 Å². The topological polar surface area (TPSA) is 55.4 Å². The van der Waals surface area contributed by atoms with Gasteiger partial charge >= 0.3 is 0 Å². The van der Waals surface area contributed by atoms with Crippen LogP contribution in [-0.2, 0) is 28.4 Å². The maximum atomic E-state index is 12.6. The molecule has 8 unspecified atom stereocenters. The van der Waals surface area contributed by atoms with E-state index in [2.05, 4.69) is 159 Å². The molecule has 790 valence electrons. The van der Waals surface area contributed by atoms with Gasteiger partial charge in [0.05, 0.1) is 38.6 Å². The van der Waals surface area contributed by atoms with E-state index in [1.165, 1.54) is 178 Å². The van der Waals surface area contributed by atoms with Crippen molar-refractivity contribution >= 4 is 0 Å². The summed E-state index contributed by atoms with van der Waals surface area (Å²) in [5, 5.41) is 0. The van der Waals surface area contributed by atoms with Crippen LogP contribution in [0.25, 0.3) is 0 Å². The Balaban J connectivity index is -0.0000000957. The van der Waals surface area contributed by atoms with Crippen LogP contribution in [0.4, 0.5) is 35.1 Å². The van der Waals surface area contributed by atoms with Crippen LogP contribution >= 0.6 is 0 Å². The number of hydrogen-bond acceptors (Lipinski definition) is 6. The molecule has 6 aromatic rings. The molecule has 5 fully saturated rings. The molecule has 0 spiro atoms. The molecule has 4 saturated heterocycles. The van der Waals surface area contributed by atoms with E-state index in [1.807, 2.05) is 39.8 Å². The van der Waals surface area contributed by atoms with Crippen LogP contribution in [0.1, 0.15) is 384 Å². The van der Waals surface area contributed by atoms with Crippen molar-refractivity contribution in [2.24, 2.45) is 59.2 Å². The number of halogens is 8. The van der Waals surface area contributed by atoms with Crippen molar-refractivity contribution < 1.29 is 63.5 Å². The Morgan fingerprint density at radius 3 is 0.649 bits per heavy atom. The third-order valence-corrected chi connectivity index (χ3v) is 22.1. The molecule has 4 heterocycles. The summed E-state index contributed by atoms with van der Waals surface area (Å²) in [5.74, 6) is 4.75. The lowest BCUT2D eigenvalue weighted by Crippen LogP contribution is -2.27. The van der Waals surface area contributed by atoms with Gasteiger partial charge in [-0.05, 0) is 330 Å². The third kappa shape index (κ3) is 77.6. The van der Waals surface area contributed by atoms with Gasteiger partial charge in [0, 0.05) is 36.2 Å². The van der Waals surface area contributed by atoms with Gasteiger partial charge in [-0.1, -0.05) is 306 Å². The molecule has 0 N–H and O–H groups in total. The van der Waals surface area contributed by atoms with Gasteiger partial charge in [-0.15, -0.1) is 0 Å². The van der Waals surface area contributed by atoms with Crippen LogP contribution in [0.3, 0.4) is 0 Å². The first-order valence-corrected chi connectivity index (χ1v) is 44.8. The van der Waals surface area contributed by atoms with Gasteiger partial charge in [0.25, 0.3) is 0 Å². The first-order valence-electron chi connectivity index (χ1n) is 44.8. The lowest BCUT2D eigenvalue weighted by molar-refractivity contribution is -0.187.